The first kappa shape index (κ1) is 8.54. The van der Waals surface area contributed by atoms with E-state index >= 15 is 0 Å². The highest BCUT2D eigenvalue weighted by molar-refractivity contribution is 5.87. The first-order valence-corrected chi connectivity index (χ1v) is 5.29. The number of anilines is 1. The molecule has 1 aliphatic carbocycles. The fraction of sp³-hybridized carbons (Fsp3) is 0.143. The molecule has 1 heteroatoms. The van der Waals surface area contributed by atoms with Crippen LogP contribution in [-0.2, 0) is 12.8 Å². The Balaban J connectivity index is 2.28. The zero-order valence-electron chi connectivity index (χ0n) is 8.53. The van der Waals surface area contributed by atoms with Gasteiger partial charge < -0.3 is 5.73 Å². The van der Waals surface area contributed by atoms with Crippen LogP contribution in [0.2, 0.25) is 0 Å². The molecule has 0 spiro atoms. The minimum Gasteiger partial charge on any atom is -0.399 e. The van der Waals surface area contributed by atoms with Crippen LogP contribution < -0.4 is 5.73 Å². The summed E-state index contributed by atoms with van der Waals surface area (Å²) < 4.78 is 0. The van der Waals surface area contributed by atoms with E-state index in [-0.39, 0.29) is 0 Å². The second-order valence-electron chi connectivity index (χ2n) is 4.11. The number of fused-ring (bicyclic) bond motifs is 2. The summed E-state index contributed by atoms with van der Waals surface area (Å²) >= 11 is 0. The smallest absolute Gasteiger partial charge is 0.0320 e. The lowest BCUT2D eigenvalue weighted by Gasteiger charge is -2.12. The summed E-state index contributed by atoms with van der Waals surface area (Å²) in [5, 5.41) is 2.54. The van der Waals surface area contributed by atoms with Gasteiger partial charge in [-0.25, -0.2) is 0 Å². The zero-order chi connectivity index (χ0) is 10.3. The lowest BCUT2D eigenvalue weighted by Crippen LogP contribution is -1.97. The van der Waals surface area contributed by atoms with Crippen LogP contribution in [-0.4, -0.2) is 0 Å². The van der Waals surface area contributed by atoms with Crippen LogP contribution in [0.1, 0.15) is 11.1 Å². The molecule has 0 saturated carbocycles. The van der Waals surface area contributed by atoms with Gasteiger partial charge in [0.15, 0.2) is 0 Å². The molecule has 2 aromatic rings. The summed E-state index contributed by atoms with van der Waals surface area (Å²) in [7, 11) is 0. The van der Waals surface area contributed by atoms with Gasteiger partial charge in [-0.15, -0.1) is 0 Å². The quantitative estimate of drug-likeness (QED) is 0.507. The van der Waals surface area contributed by atoms with Gasteiger partial charge in [0.05, 0.1) is 0 Å². The molecule has 0 heterocycles. The van der Waals surface area contributed by atoms with Crippen LogP contribution >= 0.6 is 0 Å². The summed E-state index contributed by atoms with van der Waals surface area (Å²) in [6.07, 6.45) is 6.60. The van der Waals surface area contributed by atoms with Crippen LogP contribution in [0.5, 0.6) is 0 Å². The van der Waals surface area contributed by atoms with Crippen molar-refractivity contribution in [3.8, 4) is 0 Å². The van der Waals surface area contributed by atoms with Gasteiger partial charge in [-0.2, -0.15) is 0 Å². The largest absolute Gasteiger partial charge is 0.399 e. The highest BCUT2D eigenvalue weighted by atomic mass is 14.5. The molecule has 0 fully saturated rings. The van der Waals surface area contributed by atoms with Crippen molar-refractivity contribution in [2.24, 2.45) is 0 Å². The summed E-state index contributed by atoms with van der Waals surface area (Å²) in [5.74, 6) is 0. The SMILES string of the molecule is Nc1ccc2cc3c(cc2c1)CC=CC3. The van der Waals surface area contributed by atoms with Gasteiger partial charge in [-0.3, -0.25) is 0 Å². The normalized spacial score (nSPS) is 14.1. The number of hydrogen-bond acceptors (Lipinski definition) is 1. The van der Waals surface area contributed by atoms with Crippen LogP contribution in [0.4, 0.5) is 5.69 Å². The number of nitrogens with two attached hydrogens (primary N) is 1. The maximum absolute atomic E-state index is 5.79. The van der Waals surface area contributed by atoms with Crippen molar-refractivity contribution in [3.05, 3.63) is 53.6 Å². The average molecular weight is 195 g/mol. The van der Waals surface area contributed by atoms with E-state index in [1.54, 1.807) is 0 Å². The number of rotatable bonds is 0. The van der Waals surface area contributed by atoms with Gasteiger partial charge in [-0.05, 0) is 46.9 Å². The van der Waals surface area contributed by atoms with Gasteiger partial charge in [0.1, 0.15) is 0 Å². The Kier molecular flexibility index (Phi) is 1.78. The van der Waals surface area contributed by atoms with Crippen LogP contribution in [0.3, 0.4) is 0 Å². The fourth-order valence-corrected chi connectivity index (χ4v) is 2.21. The summed E-state index contributed by atoms with van der Waals surface area (Å²) in [6, 6.07) is 10.7. The lowest BCUT2D eigenvalue weighted by molar-refractivity contribution is 1.10. The van der Waals surface area contributed by atoms with Crippen molar-refractivity contribution in [2.75, 3.05) is 5.73 Å². The van der Waals surface area contributed by atoms with E-state index in [1.165, 1.54) is 21.9 Å². The number of allylic oxidation sites excluding steroid dienone is 2. The summed E-state index contributed by atoms with van der Waals surface area (Å²) in [5.41, 5.74) is 9.52. The minimum absolute atomic E-state index is 0.841. The van der Waals surface area contributed by atoms with Crippen LogP contribution in [0.25, 0.3) is 10.8 Å². The molecular formula is C14H13N. The number of nitrogen functional groups attached to an aromatic ring is 1. The Morgan fingerprint density at radius 1 is 0.800 bits per heavy atom. The van der Waals surface area contributed by atoms with E-state index in [1.807, 2.05) is 12.1 Å². The molecule has 0 radical (unpaired) electrons. The zero-order valence-corrected chi connectivity index (χ0v) is 8.53. The highest BCUT2D eigenvalue weighted by Crippen LogP contribution is 2.25. The van der Waals surface area contributed by atoms with Crippen molar-refractivity contribution < 1.29 is 0 Å². The first-order valence-electron chi connectivity index (χ1n) is 5.29. The first-order chi connectivity index (χ1) is 7.33. The molecule has 0 atom stereocenters. The maximum atomic E-state index is 5.79. The molecule has 2 N–H and O–H groups in total. The van der Waals surface area contributed by atoms with Crippen molar-refractivity contribution in [3.63, 3.8) is 0 Å². The molecule has 0 aliphatic heterocycles. The lowest BCUT2D eigenvalue weighted by atomic mass is 9.93. The Hall–Kier alpha value is -1.76. The van der Waals surface area contributed by atoms with Gasteiger partial charge in [0.25, 0.3) is 0 Å². The molecule has 74 valence electrons. The molecule has 2 aromatic carbocycles. The van der Waals surface area contributed by atoms with E-state index < -0.39 is 0 Å². The van der Waals surface area contributed by atoms with E-state index in [9.17, 15) is 0 Å². The molecule has 0 amide bonds. The van der Waals surface area contributed by atoms with Crippen molar-refractivity contribution in [1.82, 2.24) is 0 Å². The molecule has 15 heavy (non-hydrogen) atoms. The monoisotopic (exact) mass is 195 g/mol. The van der Waals surface area contributed by atoms with Crippen LogP contribution in [0.15, 0.2) is 42.5 Å². The number of hydrogen-bond donors (Lipinski definition) is 1. The number of benzene rings is 2. The summed E-state index contributed by atoms with van der Waals surface area (Å²) in [4.78, 5) is 0. The van der Waals surface area contributed by atoms with Crippen LogP contribution in [0, 0.1) is 0 Å². The Morgan fingerprint density at radius 3 is 2.20 bits per heavy atom. The second-order valence-corrected chi connectivity index (χ2v) is 4.11. The highest BCUT2D eigenvalue weighted by Gasteiger charge is 2.06. The fourth-order valence-electron chi connectivity index (χ4n) is 2.21. The van der Waals surface area contributed by atoms with Gasteiger partial charge in [0, 0.05) is 5.69 Å². The summed E-state index contributed by atoms with van der Waals surface area (Å²) in [6.45, 7) is 0. The van der Waals surface area contributed by atoms with Gasteiger partial charge in [0.2, 0.25) is 0 Å². The van der Waals surface area contributed by atoms with Crippen molar-refractivity contribution in [1.29, 1.82) is 0 Å². The van der Waals surface area contributed by atoms with E-state index in [0.717, 1.165) is 18.5 Å². The predicted molar refractivity (Wildman–Crippen MR) is 64.9 cm³/mol. The molecule has 0 unspecified atom stereocenters. The van der Waals surface area contributed by atoms with Crippen molar-refractivity contribution in [2.45, 2.75) is 12.8 Å². The average Bonchev–Trinajstić information content (AvgIpc) is 2.26. The Labute approximate surface area is 89.2 Å². The third-order valence-electron chi connectivity index (χ3n) is 3.02. The topological polar surface area (TPSA) is 26.0 Å². The van der Waals surface area contributed by atoms with Gasteiger partial charge >= 0.3 is 0 Å². The van der Waals surface area contributed by atoms with E-state index in [0.29, 0.717) is 0 Å². The van der Waals surface area contributed by atoms with Crippen molar-refractivity contribution >= 4 is 16.5 Å². The van der Waals surface area contributed by atoms with E-state index in [4.69, 9.17) is 5.73 Å². The van der Waals surface area contributed by atoms with Gasteiger partial charge in [-0.1, -0.05) is 30.4 Å². The third kappa shape index (κ3) is 1.40. The Morgan fingerprint density at radius 2 is 1.47 bits per heavy atom. The molecular weight excluding hydrogens is 182 g/mol. The Bertz CT molecular complexity index is 553. The maximum Gasteiger partial charge on any atom is 0.0320 e. The molecule has 0 bridgehead atoms. The molecule has 3 rings (SSSR count). The second kappa shape index (κ2) is 3.13. The van der Waals surface area contributed by atoms with E-state index in [2.05, 4.69) is 30.4 Å². The third-order valence-corrected chi connectivity index (χ3v) is 3.02. The molecule has 1 nitrogen and oxygen atoms in total. The molecule has 1 aliphatic rings. The standard InChI is InChI=1S/C14H13N/c15-14-6-5-12-7-10-3-1-2-4-11(10)8-13(12)9-14/h1-2,5-9H,3-4,15H2. The molecule has 0 aromatic heterocycles. The minimum atomic E-state index is 0.841. The molecule has 0 saturated heterocycles. The predicted octanol–water partition coefficient (Wildman–Crippen LogP) is 3.08.